The van der Waals surface area contributed by atoms with Crippen molar-refractivity contribution >= 4 is 5.91 Å². The molecule has 162 valence electrons. The molecule has 2 aromatic rings. The lowest BCUT2D eigenvalue weighted by molar-refractivity contribution is -0.135. The highest BCUT2D eigenvalue weighted by molar-refractivity contribution is 5.76. The maximum atomic E-state index is 13.2. The van der Waals surface area contributed by atoms with E-state index < -0.39 is 0 Å². The van der Waals surface area contributed by atoms with Crippen LogP contribution < -0.4 is 0 Å². The zero-order chi connectivity index (χ0) is 20.6. The molecule has 30 heavy (non-hydrogen) atoms. The van der Waals surface area contributed by atoms with E-state index in [0.717, 1.165) is 50.0 Å². The summed E-state index contributed by atoms with van der Waals surface area (Å²) in [6.45, 7) is 0.553. The van der Waals surface area contributed by atoms with Gasteiger partial charge in [0.05, 0.1) is 18.3 Å². The molecular formula is C22H33N7O. The van der Waals surface area contributed by atoms with Crippen molar-refractivity contribution in [1.29, 1.82) is 0 Å². The number of hydrogen-bond donors (Lipinski definition) is 0. The molecule has 1 amide bonds. The first-order valence-electron chi connectivity index (χ1n) is 11.6. The fourth-order valence-corrected chi connectivity index (χ4v) is 4.93. The van der Waals surface area contributed by atoms with Crippen molar-refractivity contribution in [3.8, 4) is 0 Å². The molecule has 2 heterocycles. The summed E-state index contributed by atoms with van der Waals surface area (Å²) >= 11 is 0. The van der Waals surface area contributed by atoms with Gasteiger partial charge in [-0.1, -0.05) is 38.5 Å². The molecule has 0 radical (unpaired) electrons. The van der Waals surface area contributed by atoms with Crippen LogP contribution in [0.5, 0.6) is 0 Å². The van der Waals surface area contributed by atoms with Crippen LogP contribution in [0.4, 0.5) is 0 Å². The first kappa shape index (κ1) is 20.9. The number of hydrogen-bond acceptors (Lipinski definition) is 6. The van der Waals surface area contributed by atoms with E-state index in [-0.39, 0.29) is 5.91 Å². The van der Waals surface area contributed by atoms with Gasteiger partial charge in [0.25, 0.3) is 0 Å². The molecule has 0 spiro atoms. The molecule has 0 aromatic carbocycles. The van der Waals surface area contributed by atoms with Crippen molar-refractivity contribution in [1.82, 2.24) is 35.3 Å². The van der Waals surface area contributed by atoms with Gasteiger partial charge in [-0.05, 0) is 54.7 Å². The summed E-state index contributed by atoms with van der Waals surface area (Å²) < 4.78 is 2.02. The predicted molar refractivity (Wildman–Crippen MR) is 112 cm³/mol. The van der Waals surface area contributed by atoms with Gasteiger partial charge >= 0.3 is 0 Å². The molecule has 2 fully saturated rings. The second-order valence-corrected chi connectivity index (χ2v) is 8.71. The third-order valence-corrected chi connectivity index (χ3v) is 6.57. The Labute approximate surface area is 178 Å². The smallest absolute Gasteiger partial charge is 0.223 e. The zero-order valence-corrected chi connectivity index (χ0v) is 17.8. The number of amides is 1. The van der Waals surface area contributed by atoms with Crippen molar-refractivity contribution in [2.45, 2.75) is 102 Å². The predicted octanol–water partition coefficient (Wildman–Crippen LogP) is 3.65. The van der Waals surface area contributed by atoms with Gasteiger partial charge in [0.1, 0.15) is 0 Å². The minimum absolute atomic E-state index is 0.212. The highest BCUT2D eigenvalue weighted by atomic mass is 16.2. The van der Waals surface area contributed by atoms with E-state index in [2.05, 4.69) is 25.7 Å². The van der Waals surface area contributed by atoms with Gasteiger partial charge in [-0.15, -0.1) is 5.10 Å². The highest BCUT2D eigenvalue weighted by Gasteiger charge is 2.26. The Morgan fingerprint density at radius 1 is 1.03 bits per heavy atom. The average molecular weight is 412 g/mol. The second kappa shape index (κ2) is 10.6. The van der Waals surface area contributed by atoms with Crippen molar-refractivity contribution in [2.75, 3.05) is 0 Å². The SMILES string of the molecule is O=C(CCCc1nnnn1C1CCCCC1)N(Cc1cccnn1)C1CCCCC1. The molecule has 8 heteroatoms. The molecule has 0 unspecified atom stereocenters. The molecule has 2 aliphatic carbocycles. The van der Waals surface area contributed by atoms with Gasteiger partial charge < -0.3 is 4.90 Å². The van der Waals surface area contributed by atoms with Crippen LogP contribution in [0.2, 0.25) is 0 Å². The Morgan fingerprint density at radius 2 is 1.80 bits per heavy atom. The standard InChI is InChI=1S/C22H33N7O/c30-22(15-7-14-21-25-26-27-29(21)20-12-5-2-6-13-20)28(19-10-3-1-4-11-19)17-18-9-8-16-23-24-18/h8-9,16,19-20H,1-7,10-15,17H2. The van der Waals surface area contributed by atoms with Gasteiger partial charge in [0.2, 0.25) is 5.91 Å². The Kier molecular flexibility index (Phi) is 7.37. The number of tetrazole rings is 1. The topological polar surface area (TPSA) is 89.7 Å². The fraction of sp³-hybridized carbons (Fsp3) is 0.727. The first-order valence-corrected chi connectivity index (χ1v) is 11.6. The van der Waals surface area contributed by atoms with Crippen LogP contribution in [0.15, 0.2) is 18.3 Å². The van der Waals surface area contributed by atoms with E-state index in [1.54, 1.807) is 6.20 Å². The van der Waals surface area contributed by atoms with Gasteiger partial charge in [-0.25, -0.2) is 4.68 Å². The molecule has 0 saturated heterocycles. The number of nitrogens with zero attached hydrogens (tertiary/aromatic N) is 7. The van der Waals surface area contributed by atoms with Crippen LogP contribution in [-0.2, 0) is 17.8 Å². The molecular weight excluding hydrogens is 378 g/mol. The van der Waals surface area contributed by atoms with Crippen LogP contribution >= 0.6 is 0 Å². The first-order chi connectivity index (χ1) is 14.8. The summed E-state index contributed by atoms with van der Waals surface area (Å²) in [5, 5.41) is 20.6. The van der Waals surface area contributed by atoms with Crippen LogP contribution in [-0.4, -0.2) is 47.3 Å². The van der Waals surface area contributed by atoms with E-state index in [1.807, 2.05) is 21.7 Å². The van der Waals surface area contributed by atoms with E-state index in [9.17, 15) is 4.79 Å². The minimum atomic E-state index is 0.212. The fourth-order valence-electron chi connectivity index (χ4n) is 4.93. The summed E-state index contributed by atoms with van der Waals surface area (Å²) in [5.41, 5.74) is 0.859. The second-order valence-electron chi connectivity index (χ2n) is 8.71. The van der Waals surface area contributed by atoms with Gasteiger partial charge in [-0.3, -0.25) is 4.79 Å². The monoisotopic (exact) mass is 411 g/mol. The average Bonchev–Trinajstić information content (AvgIpc) is 3.28. The minimum Gasteiger partial charge on any atom is -0.334 e. The van der Waals surface area contributed by atoms with E-state index in [0.29, 0.717) is 25.0 Å². The van der Waals surface area contributed by atoms with Crippen LogP contribution in [0.1, 0.15) is 94.6 Å². The molecule has 0 aliphatic heterocycles. The van der Waals surface area contributed by atoms with E-state index in [4.69, 9.17) is 0 Å². The number of aryl methyl sites for hydroxylation is 1. The van der Waals surface area contributed by atoms with Crippen molar-refractivity contribution in [3.05, 3.63) is 29.8 Å². The Balaban J connectivity index is 1.35. The van der Waals surface area contributed by atoms with Gasteiger partial charge in [0.15, 0.2) is 5.82 Å². The lowest BCUT2D eigenvalue weighted by Gasteiger charge is -2.34. The van der Waals surface area contributed by atoms with E-state index in [1.165, 1.54) is 38.5 Å². The number of carbonyl (C=O) groups excluding carboxylic acids is 1. The van der Waals surface area contributed by atoms with Gasteiger partial charge in [-0.2, -0.15) is 10.2 Å². The third-order valence-electron chi connectivity index (χ3n) is 6.57. The van der Waals surface area contributed by atoms with Gasteiger partial charge in [0, 0.05) is 25.1 Å². The molecule has 2 aliphatic rings. The molecule has 0 atom stereocenters. The largest absolute Gasteiger partial charge is 0.334 e. The summed E-state index contributed by atoms with van der Waals surface area (Å²) in [4.78, 5) is 15.2. The maximum absolute atomic E-state index is 13.2. The summed E-state index contributed by atoms with van der Waals surface area (Å²) in [7, 11) is 0. The van der Waals surface area contributed by atoms with Crippen LogP contribution in [0.25, 0.3) is 0 Å². The number of aromatic nitrogens is 6. The molecule has 8 nitrogen and oxygen atoms in total. The number of carbonyl (C=O) groups is 1. The molecule has 4 rings (SSSR count). The zero-order valence-electron chi connectivity index (χ0n) is 17.8. The maximum Gasteiger partial charge on any atom is 0.223 e. The van der Waals surface area contributed by atoms with Crippen molar-refractivity contribution in [3.63, 3.8) is 0 Å². The Morgan fingerprint density at radius 3 is 2.53 bits per heavy atom. The Bertz CT molecular complexity index is 782. The van der Waals surface area contributed by atoms with Crippen molar-refractivity contribution < 1.29 is 4.79 Å². The summed E-state index contributed by atoms with van der Waals surface area (Å²) in [6.07, 6.45) is 15.7. The van der Waals surface area contributed by atoms with E-state index >= 15 is 0 Å². The molecule has 2 saturated carbocycles. The van der Waals surface area contributed by atoms with Crippen molar-refractivity contribution in [2.24, 2.45) is 0 Å². The lowest BCUT2D eigenvalue weighted by atomic mass is 9.93. The number of rotatable bonds is 8. The normalized spacial score (nSPS) is 18.4. The lowest BCUT2D eigenvalue weighted by Crippen LogP contribution is -2.41. The van der Waals surface area contributed by atoms with Crippen LogP contribution in [0, 0.1) is 0 Å². The summed E-state index contributed by atoms with van der Waals surface area (Å²) in [5.74, 6) is 1.14. The molecule has 0 bridgehead atoms. The quantitative estimate of drug-likeness (QED) is 0.659. The third kappa shape index (κ3) is 5.40. The highest BCUT2D eigenvalue weighted by Crippen LogP contribution is 2.28. The summed E-state index contributed by atoms with van der Waals surface area (Å²) in [6, 6.07) is 4.58. The molecule has 2 aromatic heterocycles. The molecule has 0 N–H and O–H groups in total. The van der Waals surface area contributed by atoms with Crippen LogP contribution in [0.3, 0.4) is 0 Å². The Hall–Kier alpha value is -2.38.